The zero-order valence-corrected chi connectivity index (χ0v) is 12.3. The minimum absolute atomic E-state index is 0.00920. The molecule has 0 fully saturated rings. The molecular formula is C17H16FNO4. The first-order chi connectivity index (χ1) is 11.1. The first kappa shape index (κ1) is 15.3. The number of halogens is 1. The molecule has 2 N–H and O–H groups in total. The number of carbonyl (C=O) groups is 1. The average Bonchev–Trinajstić information content (AvgIpc) is 3.02. The summed E-state index contributed by atoms with van der Waals surface area (Å²) < 4.78 is 23.9. The molecule has 0 radical (unpaired) electrons. The minimum Gasteiger partial charge on any atom is -0.454 e. The monoisotopic (exact) mass is 317 g/mol. The van der Waals surface area contributed by atoms with Gasteiger partial charge in [0.15, 0.2) is 11.5 Å². The zero-order chi connectivity index (χ0) is 16.2. The predicted octanol–water partition coefficient (Wildman–Crippen LogP) is 2.41. The Labute approximate surface area is 132 Å². The van der Waals surface area contributed by atoms with Crippen molar-refractivity contribution in [3.8, 4) is 11.5 Å². The third-order valence-electron chi connectivity index (χ3n) is 3.60. The molecule has 1 aliphatic rings. The number of fused-ring (bicyclic) bond motifs is 1. The molecule has 0 saturated carbocycles. The van der Waals surface area contributed by atoms with E-state index < -0.39 is 17.8 Å². The van der Waals surface area contributed by atoms with Gasteiger partial charge in [-0.2, -0.15) is 0 Å². The van der Waals surface area contributed by atoms with Gasteiger partial charge in [0.2, 0.25) is 6.79 Å². The smallest absolute Gasteiger partial charge is 0.254 e. The second-order valence-corrected chi connectivity index (χ2v) is 5.15. The maximum absolute atomic E-state index is 13.5. The van der Waals surface area contributed by atoms with E-state index in [4.69, 9.17) is 9.47 Å². The van der Waals surface area contributed by atoms with Crippen molar-refractivity contribution in [1.82, 2.24) is 5.32 Å². The second-order valence-electron chi connectivity index (χ2n) is 5.15. The van der Waals surface area contributed by atoms with Crippen LogP contribution in [-0.2, 0) is 0 Å². The number of ether oxygens (including phenoxy) is 2. The van der Waals surface area contributed by atoms with Crippen LogP contribution in [0.1, 0.15) is 28.4 Å². The van der Waals surface area contributed by atoms with Crippen molar-refractivity contribution in [1.29, 1.82) is 0 Å². The van der Waals surface area contributed by atoms with Crippen molar-refractivity contribution >= 4 is 5.91 Å². The zero-order valence-electron chi connectivity index (χ0n) is 12.3. The number of aliphatic hydroxyl groups is 1. The quantitative estimate of drug-likeness (QED) is 0.888. The van der Waals surface area contributed by atoms with Crippen molar-refractivity contribution < 1.29 is 23.8 Å². The van der Waals surface area contributed by atoms with Gasteiger partial charge < -0.3 is 19.9 Å². The van der Waals surface area contributed by atoms with Gasteiger partial charge in [-0.15, -0.1) is 0 Å². The molecule has 120 valence electrons. The van der Waals surface area contributed by atoms with Gasteiger partial charge in [0.1, 0.15) is 5.82 Å². The van der Waals surface area contributed by atoms with Gasteiger partial charge in [-0.25, -0.2) is 4.39 Å². The van der Waals surface area contributed by atoms with Crippen LogP contribution in [0.3, 0.4) is 0 Å². The van der Waals surface area contributed by atoms with Crippen molar-refractivity contribution in [2.45, 2.75) is 12.5 Å². The third-order valence-corrected chi connectivity index (χ3v) is 3.60. The Hall–Kier alpha value is -2.60. The first-order valence-corrected chi connectivity index (χ1v) is 7.25. The molecule has 23 heavy (non-hydrogen) atoms. The van der Waals surface area contributed by atoms with Gasteiger partial charge in [-0.1, -0.05) is 18.2 Å². The van der Waals surface area contributed by atoms with Crippen LogP contribution in [-0.4, -0.2) is 24.4 Å². The van der Waals surface area contributed by atoms with Crippen molar-refractivity contribution in [2.24, 2.45) is 0 Å². The Balaban J connectivity index is 1.54. The van der Waals surface area contributed by atoms with Gasteiger partial charge >= 0.3 is 0 Å². The SMILES string of the molecule is O=C(NCCC(O)c1ccc2c(c1)OCO2)c1ccccc1F. The molecule has 1 unspecified atom stereocenters. The van der Waals surface area contributed by atoms with E-state index in [0.29, 0.717) is 23.5 Å². The Morgan fingerprint density at radius 1 is 1.22 bits per heavy atom. The molecule has 0 bridgehead atoms. The van der Waals surface area contributed by atoms with Crippen LogP contribution in [0.25, 0.3) is 0 Å². The highest BCUT2D eigenvalue weighted by molar-refractivity contribution is 5.94. The summed E-state index contributed by atoms with van der Waals surface area (Å²) in [4.78, 5) is 11.9. The topological polar surface area (TPSA) is 67.8 Å². The highest BCUT2D eigenvalue weighted by Crippen LogP contribution is 2.34. The second kappa shape index (κ2) is 6.66. The van der Waals surface area contributed by atoms with Crippen LogP contribution in [0, 0.1) is 5.82 Å². The lowest BCUT2D eigenvalue weighted by Crippen LogP contribution is -2.26. The van der Waals surface area contributed by atoms with Gasteiger partial charge in [-0.3, -0.25) is 4.79 Å². The largest absolute Gasteiger partial charge is 0.454 e. The molecule has 3 rings (SSSR count). The van der Waals surface area contributed by atoms with E-state index in [1.807, 2.05) is 0 Å². The molecule has 1 amide bonds. The van der Waals surface area contributed by atoms with Crippen LogP contribution in [0.5, 0.6) is 11.5 Å². The number of carbonyl (C=O) groups excluding carboxylic acids is 1. The fourth-order valence-electron chi connectivity index (χ4n) is 2.35. The maximum atomic E-state index is 13.5. The number of rotatable bonds is 5. The summed E-state index contributed by atoms with van der Waals surface area (Å²) in [6, 6.07) is 11.0. The first-order valence-electron chi connectivity index (χ1n) is 7.25. The molecule has 0 aromatic heterocycles. The van der Waals surface area contributed by atoms with E-state index in [2.05, 4.69) is 5.32 Å². The summed E-state index contributed by atoms with van der Waals surface area (Å²) in [7, 11) is 0. The number of amides is 1. The number of hydrogen-bond acceptors (Lipinski definition) is 4. The molecule has 1 atom stereocenters. The number of nitrogens with one attached hydrogen (secondary N) is 1. The van der Waals surface area contributed by atoms with Gasteiger partial charge in [-0.05, 0) is 36.2 Å². The van der Waals surface area contributed by atoms with Crippen molar-refractivity contribution in [3.63, 3.8) is 0 Å². The van der Waals surface area contributed by atoms with Gasteiger partial charge in [0.05, 0.1) is 11.7 Å². The summed E-state index contributed by atoms with van der Waals surface area (Å²) in [5, 5.41) is 12.8. The van der Waals surface area contributed by atoms with E-state index in [9.17, 15) is 14.3 Å². The highest BCUT2D eigenvalue weighted by atomic mass is 19.1. The van der Waals surface area contributed by atoms with Crippen LogP contribution in [0.15, 0.2) is 42.5 Å². The van der Waals surface area contributed by atoms with E-state index in [1.54, 1.807) is 24.3 Å². The molecule has 1 aliphatic heterocycles. The van der Waals surface area contributed by atoms with Gasteiger partial charge in [0, 0.05) is 6.54 Å². The summed E-state index contributed by atoms with van der Waals surface area (Å²) in [5.74, 6) is 0.174. The standard InChI is InChI=1S/C17H16FNO4/c18-13-4-2-1-3-12(13)17(21)19-8-7-14(20)11-5-6-15-16(9-11)23-10-22-15/h1-6,9,14,20H,7-8,10H2,(H,19,21). The molecular weight excluding hydrogens is 301 g/mol. The molecule has 0 spiro atoms. The van der Waals surface area contributed by atoms with E-state index in [0.717, 1.165) is 0 Å². The van der Waals surface area contributed by atoms with Crippen LogP contribution >= 0.6 is 0 Å². The molecule has 1 heterocycles. The fraction of sp³-hybridized carbons (Fsp3) is 0.235. The van der Waals surface area contributed by atoms with E-state index >= 15 is 0 Å². The van der Waals surface area contributed by atoms with Crippen LogP contribution in [0.4, 0.5) is 4.39 Å². The Morgan fingerprint density at radius 2 is 2.00 bits per heavy atom. The minimum atomic E-state index is -0.759. The molecule has 2 aromatic rings. The Kier molecular flexibility index (Phi) is 4.43. The Morgan fingerprint density at radius 3 is 2.83 bits per heavy atom. The molecule has 5 nitrogen and oxygen atoms in total. The normalized spacial score (nSPS) is 13.7. The lowest BCUT2D eigenvalue weighted by molar-refractivity contribution is 0.0938. The lowest BCUT2D eigenvalue weighted by Gasteiger charge is -2.12. The van der Waals surface area contributed by atoms with Crippen molar-refractivity contribution in [3.05, 3.63) is 59.4 Å². The summed E-state index contributed by atoms with van der Waals surface area (Å²) >= 11 is 0. The summed E-state index contributed by atoms with van der Waals surface area (Å²) in [5.41, 5.74) is 0.666. The molecule has 0 aliphatic carbocycles. The summed E-state index contributed by atoms with van der Waals surface area (Å²) in [6.45, 7) is 0.399. The van der Waals surface area contributed by atoms with E-state index in [-0.39, 0.29) is 18.9 Å². The van der Waals surface area contributed by atoms with Crippen LogP contribution in [0.2, 0.25) is 0 Å². The molecule has 0 saturated heterocycles. The predicted molar refractivity (Wildman–Crippen MR) is 80.9 cm³/mol. The number of aliphatic hydroxyl groups excluding tert-OH is 1. The third kappa shape index (κ3) is 3.43. The average molecular weight is 317 g/mol. The molecule has 2 aromatic carbocycles. The maximum Gasteiger partial charge on any atom is 0.254 e. The highest BCUT2D eigenvalue weighted by Gasteiger charge is 2.17. The van der Waals surface area contributed by atoms with Crippen LogP contribution < -0.4 is 14.8 Å². The Bertz CT molecular complexity index is 719. The fourth-order valence-corrected chi connectivity index (χ4v) is 2.35. The number of benzene rings is 2. The lowest BCUT2D eigenvalue weighted by atomic mass is 10.1. The van der Waals surface area contributed by atoms with Crippen molar-refractivity contribution in [2.75, 3.05) is 13.3 Å². The number of hydrogen-bond donors (Lipinski definition) is 2. The molecule has 6 heteroatoms. The van der Waals surface area contributed by atoms with Gasteiger partial charge in [0.25, 0.3) is 5.91 Å². The van der Waals surface area contributed by atoms with E-state index in [1.165, 1.54) is 18.2 Å². The summed E-state index contributed by atoms with van der Waals surface area (Å²) in [6.07, 6.45) is -0.453.